The van der Waals surface area contributed by atoms with Crippen LogP contribution in [0.1, 0.15) is 24.1 Å². The largest absolute Gasteiger partial charge is 0.311 e. The van der Waals surface area contributed by atoms with Crippen molar-refractivity contribution in [2.45, 2.75) is 19.3 Å². The number of benzene rings is 2. The van der Waals surface area contributed by atoms with Gasteiger partial charge in [0.05, 0.1) is 10.4 Å². The first-order valence-corrected chi connectivity index (χ1v) is 9.06. The van der Waals surface area contributed by atoms with Crippen molar-refractivity contribution in [3.63, 3.8) is 0 Å². The van der Waals surface area contributed by atoms with E-state index in [9.17, 15) is 14.9 Å². The number of non-ortho nitro benzene ring substituents is 1. The maximum Gasteiger partial charge on any atom is 0.270 e. The standard InChI is InChI=1S/C22H19N3O3/c1-14(20-10-15-5-3-4-6-16(15)13-23-20)9-17-11-22(26)24(2)21-8-7-18(25(27)28)12-19(17)21/h3-8,10-14H,9H2,1-2H3. The maximum absolute atomic E-state index is 12.4. The molecule has 2 aromatic carbocycles. The molecule has 1 atom stereocenters. The molecule has 0 N–H and O–H groups in total. The molecule has 4 rings (SSSR count). The van der Waals surface area contributed by atoms with E-state index in [4.69, 9.17) is 0 Å². The first-order valence-electron chi connectivity index (χ1n) is 9.06. The first-order chi connectivity index (χ1) is 13.4. The molecule has 0 saturated heterocycles. The third-order valence-electron chi connectivity index (χ3n) is 5.21. The van der Waals surface area contributed by atoms with E-state index in [-0.39, 0.29) is 17.2 Å². The van der Waals surface area contributed by atoms with Crippen LogP contribution in [0.5, 0.6) is 0 Å². The normalized spacial score (nSPS) is 12.4. The molecular weight excluding hydrogens is 354 g/mol. The molecule has 6 nitrogen and oxygen atoms in total. The van der Waals surface area contributed by atoms with Gasteiger partial charge in [-0.2, -0.15) is 0 Å². The predicted molar refractivity (Wildman–Crippen MR) is 110 cm³/mol. The van der Waals surface area contributed by atoms with Crippen LogP contribution in [-0.4, -0.2) is 14.5 Å². The summed E-state index contributed by atoms with van der Waals surface area (Å²) in [5.41, 5.74) is 2.30. The highest BCUT2D eigenvalue weighted by Gasteiger charge is 2.16. The monoisotopic (exact) mass is 373 g/mol. The number of aromatic nitrogens is 2. The highest BCUT2D eigenvalue weighted by atomic mass is 16.6. The number of fused-ring (bicyclic) bond motifs is 2. The van der Waals surface area contributed by atoms with Crippen molar-refractivity contribution < 1.29 is 4.92 Å². The molecule has 0 fully saturated rings. The molecule has 1 unspecified atom stereocenters. The number of hydrogen-bond acceptors (Lipinski definition) is 4. The van der Waals surface area contributed by atoms with Gasteiger partial charge in [0.1, 0.15) is 0 Å². The van der Waals surface area contributed by atoms with E-state index < -0.39 is 4.92 Å². The van der Waals surface area contributed by atoms with Crippen LogP contribution in [0.2, 0.25) is 0 Å². The lowest BCUT2D eigenvalue weighted by Gasteiger charge is -2.15. The molecular formula is C22H19N3O3. The highest BCUT2D eigenvalue weighted by molar-refractivity contribution is 5.85. The van der Waals surface area contributed by atoms with Crippen molar-refractivity contribution in [1.82, 2.24) is 9.55 Å². The molecule has 0 radical (unpaired) electrons. The van der Waals surface area contributed by atoms with Crippen molar-refractivity contribution in [2.75, 3.05) is 0 Å². The Kier molecular flexibility index (Phi) is 4.39. The summed E-state index contributed by atoms with van der Waals surface area (Å²) < 4.78 is 1.52. The summed E-state index contributed by atoms with van der Waals surface area (Å²) in [7, 11) is 1.68. The van der Waals surface area contributed by atoms with E-state index >= 15 is 0 Å². The number of nitro groups is 1. The molecule has 0 spiro atoms. The van der Waals surface area contributed by atoms with Crippen molar-refractivity contribution in [3.8, 4) is 0 Å². The Bertz CT molecular complexity index is 1280. The van der Waals surface area contributed by atoms with E-state index in [1.165, 1.54) is 10.6 Å². The summed E-state index contributed by atoms with van der Waals surface area (Å²) in [6.45, 7) is 2.05. The molecule has 28 heavy (non-hydrogen) atoms. The second-order valence-electron chi connectivity index (χ2n) is 7.09. The molecule has 140 valence electrons. The van der Waals surface area contributed by atoms with Crippen LogP contribution < -0.4 is 5.56 Å². The van der Waals surface area contributed by atoms with Crippen molar-refractivity contribution in [2.24, 2.45) is 7.05 Å². The zero-order valence-corrected chi connectivity index (χ0v) is 15.6. The molecule has 0 amide bonds. The Hall–Kier alpha value is -3.54. The molecule has 0 bridgehead atoms. The molecule has 0 aliphatic rings. The van der Waals surface area contributed by atoms with Gasteiger partial charge in [-0.1, -0.05) is 31.2 Å². The minimum atomic E-state index is -0.414. The second-order valence-corrected chi connectivity index (χ2v) is 7.09. The fourth-order valence-corrected chi connectivity index (χ4v) is 3.60. The summed E-state index contributed by atoms with van der Waals surface area (Å²) in [5.74, 6) is 0.0548. The average molecular weight is 373 g/mol. The summed E-state index contributed by atoms with van der Waals surface area (Å²) in [6, 6.07) is 16.3. The first kappa shape index (κ1) is 17.9. The van der Waals surface area contributed by atoms with Crippen molar-refractivity contribution in [1.29, 1.82) is 0 Å². The van der Waals surface area contributed by atoms with Crippen molar-refractivity contribution >= 4 is 27.4 Å². The Morgan fingerprint density at radius 3 is 2.61 bits per heavy atom. The number of hydrogen-bond donors (Lipinski definition) is 0. The Labute approximate surface area is 161 Å². The number of pyridine rings is 2. The van der Waals surface area contributed by atoms with Crippen LogP contribution in [-0.2, 0) is 13.5 Å². The van der Waals surface area contributed by atoms with Crippen LogP contribution >= 0.6 is 0 Å². The van der Waals surface area contributed by atoms with Crippen molar-refractivity contribution in [3.05, 3.63) is 92.5 Å². The van der Waals surface area contributed by atoms with Gasteiger partial charge >= 0.3 is 0 Å². The van der Waals surface area contributed by atoms with Crippen LogP contribution in [0.25, 0.3) is 21.7 Å². The van der Waals surface area contributed by atoms with Crippen LogP contribution in [0.3, 0.4) is 0 Å². The van der Waals surface area contributed by atoms with E-state index in [1.807, 2.05) is 30.5 Å². The van der Waals surface area contributed by atoms with Crippen LogP contribution in [0, 0.1) is 10.1 Å². The van der Waals surface area contributed by atoms with E-state index in [0.29, 0.717) is 11.9 Å². The molecule has 0 aliphatic carbocycles. The van der Waals surface area contributed by atoms with Gasteiger partial charge in [-0.05, 0) is 29.5 Å². The number of nitro benzene ring substituents is 1. The van der Waals surface area contributed by atoms with Gasteiger partial charge in [-0.15, -0.1) is 0 Å². The lowest BCUT2D eigenvalue weighted by atomic mass is 9.94. The Balaban J connectivity index is 1.79. The molecule has 0 saturated carbocycles. The molecule has 0 aliphatic heterocycles. The summed E-state index contributed by atoms with van der Waals surface area (Å²) in [6.07, 6.45) is 2.42. The SMILES string of the molecule is CC(Cc1cc(=O)n(C)c2ccc([N+](=O)[O-])cc12)c1cc2ccccc2cn1. The summed E-state index contributed by atoms with van der Waals surface area (Å²) in [4.78, 5) is 27.7. The second kappa shape index (κ2) is 6.88. The zero-order valence-electron chi connectivity index (χ0n) is 15.6. The van der Waals surface area contributed by atoms with Crippen LogP contribution in [0.15, 0.2) is 65.6 Å². The van der Waals surface area contributed by atoms with Gasteiger partial charge in [0.15, 0.2) is 0 Å². The molecule has 2 heterocycles. The van der Waals surface area contributed by atoms with E-state index in [0.717, 1.165) is 27.4 Å². The third-order valence-corrected chi connectivity index (χ3v) is 5.21. The summed E-state index contributed by atoms with van der Waals surface area (Å²) in [5, 5.41) is 14.1. The fourth-order valence-electron chi connectivity index (χ4n) is 3.60. The number of aryl methyl sites for hydroxylation is 1. The summed E-state index contributed by atoms with van der Waals surface area (Å²) >= 11 is 0. The Morgan fingerprint density at radius 1 is 1.11 bits per heavy atom. The zero-order chi connectivity index (χ0) is 19.8. The minimum Gasteiger partial charge on any atom is -0.311 e. The van der Waals surface area contributed by atoms with Gasteiger partial charge in [0.25, 0.3) is 11.2 Å². The number of rotatable bonds is 4. The van der Waals surface area contributed by atoms with Gasteiger partial charge in [-0.3, -0.25) is 19.9 Å². The van der Waals surface area contributed by atoms with E-state index in [1.54, 1.807) is 25.2 Å². The minimum absolute atomic E-state index is 0.0175. The van der Waals surface area contributed by atoms with Gasteiger partial charge in [0.2, 0.25) is 0 Å². The molecule has 4 aromatic rings. The smallest absolute Gasteiger partial charge is 0.270 e. The predicted octanol–water partition coefficient (Wildman–Crippen LogP) is 4.34. The maximum atomic E-state index is 12.4. The van der Waals surface area contributed by atoms with E-state index in [2.05, 4.69) is 18.0 Å². The molecule has 6 heteroatoms. The van der Waals surface area contributed by atoms with Gasteiger partial charge in [-0.25, -0.2) is 0 Å². The fraction of sp³-hybridized carbons (Fsp3) is 0.182. The lowest BCUT2D eigenvalue weighted by Crippen LogP contribution is -2.18. The topological polar surface area (TPSA) is 78.0 Å². The third kappa shape index (κ3) is 3.13. The lowest BCUT2D eigenvalue weighted by molar-refractivity contribution is -0.384. The van der Waals surface area contributed by atoms with Gasteiger partial charge < -0.3 is 4.57 Å². The highest BCUT2D eigenvalue weighted by Crippen LogP contribution is 2.28. The van der Waals surface area contributed by atoms with Crippen LogP contribution in [0.4, 0.5) is 5.69 Å². The Morgan fingerprint density at radius 2 is 1.86 bits per heavy atom. The number of nitrogens with zero attached hydrogens (tertiary/aromatic N) is 3. The van der Waals surface area contributed by atoms with Gasteiger partial charge in [0, 0.05) is 53.8 Å². The quantitative estimate of drug-likeness (QED) is 0.394. The molecule has 2 aromatic heterocycles. The average Bonchev–Trinajstić information content (AvgIpc) is 2.71.